The molecule has 1 aromatic carbocycles. The molecule has 0 saturated heterocycles. The number of nitrogens with two attached hydrogens (primary N) is 1. The van der Waals surface area contributed by atoms with Crippen LogP contribution in [-0.4, -0.2) is 32.8 Å². The molecule has 0 unspecified atom stereocenters. The van der Waals surface area contributed by atoms with Crippen LogP contribution in [0.2, 0.25) is 0 Å². The Morgan fingerprint density at radius 1 is 1.40 bits per heavy atom. The standard InChI is InChI=1S/C14H20N2O3S/c1-4-5-6-7-16(3)14(17)12-8-11(2)9-13(10-12)20(15,18)19/h4,8-10H,1,5-7H2,2-3H3,(H2,15,18,19). The highest BCUT2D eigenvalue weighted by molar-refractivity contribution is 7.89. The highest BCUT2D eigenvalue weighted by Gasteiger charge is 2.16. The van der Waals surface area contributed by atoms with Gasteiger partial charge in [0.15, 0.2) is 0 Å². The molecule has 0 radical (unpaired) electrons. The summed E-state index contributed by atoms with van der Waals surface area (Å²) >= 11 is 0. The number of carbonyl (C=O) groups is 1. The number of carbonyl (C=O) groups excluding carboxylic acids is 1. The van der Waals surface area contributed by atoms with Crippen molar-refractivity contribution in [3.8, 4) is 0 Å². The fourth-order valence-electron chi connectivity index (χ4n) is 1.83. The summed E-state index contributed by atoms with van der Waals surface area (Å²) < 4.78 is 22.8. The Bertz CT molecular complexity index is 609. The lowest BCUT2D eigenvalue weighted by atomic mass is 10.1. The average molecular weight is 296 g/mol. The molecular weight excluding hydrogens is 276 g/mol. The number of amides is 1. The lowest BCUT2D eigenvalue weighted by Crippen LogP contribution is -2.28. The van der Waals surface area contributed by atoms with Crippen molar-refractivity contribution >= 4 is 15.9 Å². The molecule has 20 heavy (non-hydrogen) atoms. The summed E-state index contributed by atoms with van der Waals surface area (Å²) in [5, 5.41) is 5.11. The first-order valence-corrected chi connectivity index (χ1v) is 7.81. The molecule has 5 nitrogen and oxygen atoms in total. The summed E-state index contributed by atoms with van der Waals surface area (Å²) in [7, 11) is -2.13. The minimum absolute atomic E-state index is 0.0414. The van der Waals surface area contributed by atoms with Crippen LogP contribution in [0, 0.1) is 6.92 Å². The van der Waals surface area contributed by atoms with E-state index >= 15 is 0 Å². The van der Waals surface area contributed by atoms with Crippen molar-refractivity contribution in [1.29, 1.82) is 0 Å². The van der Waals surface area contributed by atoms with Gasteiger partial charge in [-0.25, -0.2) is 13.6 Å². The Balaban J connectivity index is 2.98. The minimum atomic E-state index is -3.81. The molecule has 0 bridgehead atoms. The zero-order valence-electron chi connectivity index (χ0n) is 11.8. The molecule has 2 N–H and O–H groups in total. The molecule has 0 fully saturated rings. The highest BCUT2D eigenvalue weighted by atomic mass is 32.2. The number of rotatable bonds is 6. The number of benzene rings is 1. The van der Waals surface area contributed by atoms with Crippen LogP contribution >= 0.6 is 0 Å². The second kappa shape index (κ2) is 6.67. The maximum Gasteiger partial charge on any atom is 0.253 e. The second-order valence-corrected chi connectivity index (χ2v) is 6.30. The summed E-state index contributed by atoms with van der Waals surface area (Å²) in [4.78, 5) is 13.8. The van der Waals surface area contributed by atoms with Crippen LogP contribution in [0.5, 0.6) is 0 Å². The van der Waals surface area contributed by atoms with Gasteiger partial charge in [0.25, 0.3) is 5.91 Å². The molecule has 0 aliphatic carbocycles. The normalized spacial score (nSPS) is 11.2. The summed E-state index contributed by atoms with van der Waals surface area (Å²) in [5.74, 6) is -0.220. The van der Waals surface area contributed by atoms with Crippen LogP contribution in [-0.2, 0) is 10.0 Å². The van der Waals surface area contributed by atoms with E-state index in [1.807, 2.05) is 0 Å². The topological polar surface area (TPSA) is 80.5 Å². The summed E-state index contributed by atoms with van der Waals surface area (Å²) in [6.45, 7) is 5.94. The third-order valence-corrected chi connectivity index (χ3v) is 3.77. The lowest BCUT2D eigenvalue weighted by Gasteiger charge is -2.17. The zero-order chi connectivity index (χ0) is 15.3. The minimum Gasteiger partial charge on any atom is -0.342 e. The van der Waals surface area contributed by atoms with E-state index in [-0.39, 0.29) is 10.8 Å². The van der Waals surface area contributed by atoms with Crippen LogP contribution in [0.3, 0.4) is 0 Å². The summed E-state index contributed by atoms with van der Waals surface area (Å²) in [6.07, 6.45) is 3.44. The quantitative estimate of drug-likeness (QED) is 0.640. The van der Waals surface area contributed by atoms with Crippen LogP contribution < -0.4 is 5.14 Å². The first-order chi connectivity index (χ1) is 9.25. The summed E-state index contributed by atoms with van der Waals surface area (Å²) in [5.41, 5.74) is 1.01. The van der Waals surface area contributed by atoms with Gasteiger partial charge in [-0.1, -0.05) is 6.08 Å². The van der Waals surface area contributed by atoms with Gasteiger partial charge in [-0.05, 0) is 43.5 Å². The molecule has 1 aromatic rings. The second-order valence-electron chi connectivity index (χ2n) is 4.74. The maximum absolute atomic E-state index is 12.2. The van der Waals surface area contributed by atoms with Crippen molar-refractivity contribution in [3.63, 3.8) is 0 Å². The van der Waals surface area contributed by atoms with Crippen LogP contribution in [0.1, 0.15) is 28.8 Å². The molecule has 0 aliphatic rings. The lowest BCUT2D eigenvalue weighted by molar-refractivity contribution is 0.0793. The van der Waals surface area contributed by atoms with Gasteiger partial charge >= 0.3 is 0 Å². The maximum atomic E-state index is 12.2. The van der Waals surface area contributed by atoms with Gasteiger partial charge in [-0.15, -0.1) is 6.58 Å². The monoisotopic (exact) mass is 296 g/mol. The molecule has 6 heteroatoms. The SMILES string of the molecule is C=CCCCN(C)C(=O)c1cc(C)cc(S(N)(=O)=O)c1. The number of allylic oxidation sites excluding steroid dienone is 1. The van der Waals surface area contributed by atoms with E-state index < -0.39 is 10.0 Å². The first kappa shape index (κ1) is 16.4. The number of hydrogen-bond donors (Lipinski definition) is 1. The van der Waals surface area contributed by atoms with Gasteiger partial charge in [0.2, 0.25) is 10.0 Å². The van der Waals surface area contributed by atoms with E-state index in [9.17, 15) is 13.2 Å². The predicted molar refractivity (Wildman–Crippen MR) is 78.9 cm³/mol. The molecule has 0 aliphatic heterocycles. The fourth-order valence-corrected chi connectivity index (χ4v) is 2.47. The van der Waals surface area contributed by atoms with Crippen molar-refractivity contribution in [2.75, 3.05) is 13.6 Å². The Kier molecular flexibility index (Phi) is 5.47. The van der Waals surface area contributed by atoms with E-state index in [4.69, 9.17) is 5.14 Å². The predicted octanol–water partition coefficient (Wildman–Crippen LogP) is 1.68. The van der Waals surface area contributed by atoms with Crippen LogP contribution in [0.15, 0.2) is 35.7 Å². The van der Waals surface area contributed by atoms with Crippen molar-refractivity contribution in [1.82, 2.24) is 4.90 Å². The van der Waals surface area contributed by atoms with E-state index in [0.717, 1.165) is 12.8 Å². The molecular formula is C14H20N2O3S. The van der Waals surface area contributed by atoms with Crippen LogP contribution in [0.25, 0.3) is 0 Å². The molecule has 0 atom stereocenters. The number of nitrogens with zero attached hydrogens (tertiary/aromatic N) is 1. The molecule has 0 aromatic heterocycles. The number of unbranched alkanes of at least 4 members (excludes halogenated alkanes) is 1. The number of aryl methyl sites for hydroxylation is 1. The smallest absolute Gasteiger partial charge is 0.253 e. The van der Waals surface area contributed by atoms with Crippen molar-refractivity contribution in [2.45, 2.75) is 24.7 Å². The summed E-state index contributed by atoms with van der Waals surface area (Å²) in [6, 6.07) is 4.42. The Morgan fingerprint density at radius 3 is 2.60 bits per heavy atom. The highest BCUT2D eigenvalue weighted by Crippen LogP contribution is 2.15. The number of hydrogen-bond acceptors (Lipinski definition) is 3. The van der Waals surface area contributed by atoms with E-state index in [1.165, 1.54) is 12.1 Å². The molecule has 0 heterocycles. The van der Waals surface area contributed by atoms with Gasteiger partial charge in [-0.3, -0.25) is 4.79 Å². The molecule has 110 valence electrons. The van der Waals surface area contributed by atoms with E-state index in [0.29, 0.717) is 17.7 Å². The van der Waals surface area contributed by atoms with E-state index in [1.54, 1.807) is 31.0 Å². The van der Waals surface area contributed by atoms with Gasteiger partial charge < -0.3 is 4.90 Å². The number of primary sulfonamides is 1. The molecule has 0 saturated carbocycles. The third kappa shape index (κ3) is 4.47. The van der Waals surface area contributed by atoms with Gasteiger partial charge in [0.05, 0.1) is 4.90 Å². The van der Waals surface area contributed by atoms with Crippen molar-refractivity contribution in [3.05, 3.63) is 42.0 Å². The Hall–Kier alpha value is -1.66. The van der Waals surface area contributed by atoms with Gasteiger partial charge in [-0.2, -0.15) is 0 Å². The van der Waals surface area contributed by atoms with Crippen molar-refractivity contribution in [2.24, 2.45) is 5.14 Å². The molecule has 1 rings (SSSR count). The van der Waals surface area contributed by atoms with E-state index in [2.05, 4.69) is 6.58 Å². The Labute approximate surface area is 120 Å². The molecule has 1 amide bonds. The van der Waals surface area contributed by atoms with Gasteiger partial charge in [0, 0.05) is 19.2 Å². The average Bonchev–Trinajstić information content (AvgIpc) is 2.36. The van der Waals surface area contributed by atoms with Crippen LogP contribution in [0.4, 0.5) is 0 Å². The third-order valence-electron chi connectivity index (χ3n) is 2.87. The zero-order valence-corrected chi connectivity index (χ0v) is 12.6. The largest absolute Gasteiger partial charge is 0.342 e. The first-order valence-electron chi connectivity index (χ1n) is 6.26. The molecule has 0 spiro atoms. The number of sulfonamides is 1. The Morgan fingerprint density at radius 2 is 2.05 bits per heavy atom. The van der Waals surface area contributed by atoms with Crippen molar-refractivity contribution < 1.29 is 13.2 Å². The fraction of sp³-hybridized carbons (Fsp3) is 0.357. The van der Waals surface area contributed by atoms with Gasteiger partial charge in [0.1, 0.15) is 0 Å².